The second kappa shape index (κ2) is 6.57. The lowest BCUT2D eigenvalue weighted by Gasteiger charge is -2.13. The fraction of sp³-hybridized carbons (Fsp3) is 0.200. The lowest BCUT2D eigenvalue weighted by molar-refractivity contribution is 0.341. The Balaban J connectivity index is 2.13. The van der Waals surface area contributed by atoms with Crippen molar-refractivity contribution in [1.29, 1.82) is 0 Å². The van der Waals surface area contributed by atoms with Crippen molar-refractivity contribution in [3.8, 4) is 5.75 Å². The van der Waals surface area contributed by atoms with Gasteiger partial charge in [0.2, 0.25) is 0 Å². The minimum absolute atomic E-state index is 0.345. The summed E-state index contributed by atoms with van der Waals surface area (Å²) >= 11 is 5.94. The molecule has 0 unspecified atom stereocenters. The minimum atomic E-state index is -0.861. The van der Waals surface area contributed by atoms with Gasteiger partial charge in [0.25, 0.3) is 0 Å². The van der Waals surface area contributed by atoms with E-state index in [0.717, 1.165) is 12.1 Å². The molecule has 0 aromatic heterocycles. The van der Waals surface area contributed by atoms with E-state index in [1.165, 1.54) is 6.07 Å². The predicted molar refractivity (Wildman–Crippen MR) is 76.3 cm³/mol. The molecular formula is C15H14ClF2NO. The highest BCUT2D eigenvalue weighted by Gasteiger charge is 2.06. The summed E-state index contributed by atoms with van der Waals surface area (Å²) in [6, 6.07) is 9.01. The molecule has 0 saturated carbocycles. The van der Waals surface area contributed by atoms with Crippen LogP contribution < -0.4 is 10.1 Å². The molecule has 0 aliphatic rings. The zero-order valence-electron chi connectivity index (χ0n) is 10.9. The highest BCUT2D eigenvalue weighted by atomic mass is 35.5. The zero-order chi connectivity index (χ0) is 14.5. The maximum Gasteiger partial charge on any atom is 0.159 e. The first-order valence-corrected chi connectivity index (χ1v) is 6.58. The fourth-order valence-corrected chi connectivity index (χ4v) is 1.94. The molecular weight excluding hydrogens is 284 g/mol. The van der Waals surface area contributed by atoms with Crippen molar-refractivity contribution in [2.75, 3.05) is 11.9 Å². The first-order valence-electron chi connectivity index (χ1n) is 6.20. The predicted octanol–water partition coefficient (Wildman–Crippen LogP) is 4.63. The first kappa shape index (κ1) is 14.6. The van der Waals surface area contributed by atoms with Gasteiger partial charge in [0, 0.05) is 11.6 Å². The van der Waals surface area contributed by atoms with Crippen LogP contribution in [0.5, 0.6) is 5.75 Å². The van der Waals surface area contributed by atoms with E-state index in [1.807, 2.05) is 6.92 Å². The standard InChI is InChI=1S/C15H14ClF2NO/c1-2-20-15-6-4-11(16)8-14(15)19-9-10-3-5-12(17)13(18)7-10/h3-8,19H,2,9H2,1H3. The molecule has 0 heterocycles. The normalized spacial score (nSPS) is 10.4. The number of hydrogen-bond acceptors (Lipinski definition) is 2. The van der Waals surface area contributed by atoms with Gasteiger partial charge in [-0.05, 0) is 42.8 Å². The summed E-state index contributed by atoms with van der Waals surface area (Å²) < 4.78 is 31.4. The molecule has 2 nitrogen and oxygen atoms in total. The first-order chi connectivity index (χ1) is 9.60. The van der Waals surface area contributed by atoms with Gasteiger partial charge in [-0.1, -0.05) is 17.7 Å². The van der Waals surface area contributed by atoms with Gasteiger partial charge in [0.15, 0.2) is 11.6 Å². The van der Waals surface area contributed by atoms with Crippen LogP contribution in [0, 0.1) is 11.6 Å². The average molecular weight is 298 g/mol. The molecule has 2 aromatic carbocycles. The van der Waals surface area contributed by atoms with Crippen molar-refractivity contribution in [2.45, 2.75) is 13.5 Å². The summed E-state index contributed by atoms with van der Waals surface area (Å²) in [5, 5.41) is 3.67. The van der Waals surface area contributed by atoms with Gasteiger partial charge in [-0.15, -0.1) is 0 Å². The van der Waals surface area contributed by atoms with E-state index < -0.39 is 11.6 Å². The van der Waals surface area contributed by atoms with E-state index in [4.69, 9.17) is 16.3 Å². The summed E-state index contributed by atoms with van der Waals surface area (Å²) in [6.45, 7) is 2.76. The van der Waals surface area contributed by atoms with Gasteiger partial charge in [-0.25, -0.2) is 8.78 Å². The number of halogens is 3. The Morgan fingerprint density at radius 3 is 2.60 bits per heavy atom. The summed E-state index contributed by atoms with van der Waals surface area (Å²) in [6.07, 6.45) is 0. The van der Waals surface area contributed by atoms with Gasteiger partial charge < -0.3 is 10.1 Å². The molecule has 5 heteroatoms. The summed E-state index contributed by atoms with van der Waals surface area (Å²) in [5.41, 5.74) is 1.34. The maximum absolute atomic E-state index is 13.1. The summed E-state index contributed by atoms with van der Waals surface area (Å²) in [7, 11) is 0. The summed E-state index contributed by atoms with van der Waals surface area (Å²) in [5.74, 6) is -1.05. The van der Waals surface area contributed by atoms with Gasteiger partial charge in [0.05, 0.1) is 12.3 Å². The van der Waals surface area contributed by atoms with Crippen molar-refractivity contribution >= 4 is 17.3 Å². The lowest BCUT2D eigenvalue weighted by Crippen LogP contribution is -2.03. The Labute approximate surface area is 121 Å². The molecule has 0 fully saturated rings. The Morgan fingerprint density at radius 1 is 1.10 bits per heavy atom. The molecule has 0 bridgehead atoms. The second-order valence-corrected chi connectivity index (χ2v) is 4.61. The molecule has 20 heavy (non-hydrogen) atoms. The zero-order valence-corrected chi connectivity index (χ0v) is 11.7. The monoisotopic (exact) mass is 297 g/mol. The van der Waals surface area contributed by atoms with E-state index in [2.05, 4.69) is 5.32 Å². The van der Waals surface area contributed by atoms with E-state index in [1.54, 1.807) is 18.2 Å². The van der Waals surface area contributed by atoms with E-state index in [-0.39, 0.29) is 0 Å². The number of rotatable bonds is 5. The number of anilines is 1. The topological polar surface area (TPSA) is 21.3 Å². The molecule has 0 aliphatic heterocycles. The second-order valence-electron chi connectivity index (χ2n) is 4.18. The molecule has 2 rings (SSSR count). The van der Waals surface area contributed by atoms with Crippen molar-refractivity contribution in [3.63, 3.8) is 0 Å². The largest absolute Gasteiger partial charge is 0.492 e. The number of benzene rings is 2. The molecule has 0 radical (unpaired) electrons. The Hall–Kier alpha value is -1.81. The maximum atomic E-state index is 13.1. The Kier molecular flexibility index (Phi) is 4.79. The molecule has 0 aliphatic carbocycles. The summed E-state index contributed by atoms with van der Waals surface area (Å²) in [4.78, 5) is 0. The van der Waals surface area contributed by atoms with Crippen LogP contribution >= 0.6 is 11.6 Å². The molecule has 106 valence electrons. The number of ether oxygens (including phenoxy) is 1. The number of hydrogen-bond donors (Lipinski definition) is 1. The fourth-order valence-electron chi connectivity index (χ4n) is 1.77. The van der Waals surface area contributed by atoms with Crippen molar-refractivity contribution < 1.29 is 13.5 Å². The van der Waals surface area contributed by atoms with Crippen molar-refractivity contribution in [3.05, 3.63) is 58.6 Å². The third kappa shape index (κ3) is 3.61. The van der Waals surface area contributed by atoms with Crippen molar-refractivity contribution in [1.82, 2.24) is 0 Å². The molecule has 0 saturated heterocycles. The van der Waals surface area contributed by atoms with E-state index >= 15 is 0 Å². The lowest BCUT2D eigenvalue weighted by atomic mass is 10.2. The van der Waals surface area contributed by atoms with Crippen LogP contribution in [0.2, 0.25) is 5.02 Å². The molecule has 0 amide bonds. The third-order valence-electron chi connectivity index (χ3n) is 2.71. The highest BCUT2D eigenvalue weighted by molar-refractivity contribution is 6.30. The van der Waals surface area contributed by atoms with Gasteiger partial charge >= 0.3 is 0 Å². The van der Waals surface area contributed by atoms with Crippen LogP contribution in [0.4, 0.5) is 14.5 Å². The molecule has 1 N–H and O–H groups in total. The smallest absolute Gasteiger partial charge is 0.159 e. The highest BCUT2D eigenvalue weighted by Crippen LogP contribution is 2.28. The Bertz CT molecular complexity index is 604. The Morgan fingerprint density at radius 2 is 1.90 bits per heavy atom. The molecule has 0 spiro atoms. The van der Waals surface area contributed by atoms with Crippen LogP contribution in [0.3, 0.4) is 0 Å². The van der Waals surface area contributed by atoms with Gasteiger partial charge in [-0.2, -0.15) is 0 Å². The molecule has 2 aromatic rings. The van der Waals surface area contributed by atoms with E-state index in [9.17, 15) is 8.78 Å². The SMILES string of the molecule is CCOc1ccc(Cl)cc1NCc1ccc(F)c(F)c1. The van der Waals surface area contributed by atoms with Crippen LogP contribution in [-0.4, -0.2) is 6.61 Å². The third-order valence-corrected chi connectivity index (χ3v) is 2.94. The van der Waals surface area contributed by atoms with Crippen LogP contribution in [0.25, 0.3) is 0 Å². The van der Waals surface area contributed by atoms with E-state index in [0.29, 0.717) is 35.2 Å². The van der Waals surface area contributed by atoms with Crippen molar-refractivity contribution in [2.24, 2.45) is 0 Å². The van der Waals surface area contributed by atoms with Gasteiger partial charge in [0.1, 0.15) is 5.75 Å². The van der Waals surface area contributed by atoms with Crippen LogP contribution in [0.1, 0.15) is 12.5 Å². The average Bonchev–Trinajstić information content (AvgIpc) is 2.43. The van der Waals surface area contributed by atoms with Gasteiger partial charge in [-0.3, -0.25) is 0 Å². The number of nitrogens with one attached hydrogen (secondary N) is 1. The van der Waals surface area contributed by atoms with Crippen LogP contribution in [-0.2, 0) is 6.54 Å². The minimum Gasteiger partial charge on any atom is -0.492 e. The molecule has 0 atom stereocenters. The van der Waals surface area contributed by atoms with Crippen LogP contribution in [0.15, 0.2) is 36.4 Å². The quantitative estimate of drug-likeness (QED) is 0.869.